The van der Waals surface area contributed by atoms with Gasteiger partial charge < -0.3 is 5.73 Å². The first-order valence-corrected chi connectivity index (χ1v) is 4.82. The molecule has 0 heterocycles. The van der Waals surface area contributed by atoms with Crippen molar-refractivity contribution in [1.82, 2.24) is 0 Å². The van der Waals surface area contributed by atoms with Crippen LogP contribution < -0.4 is 5.73 Å². The molecule has 2 heteroatoms. The molecule has 0 aliphatic rings. The summed E-state index contributed by atoms with van der Waals surface area (Å²) in [6.07, 6.45) is 5.32. The molecule has 0 aromatic rings. The zero-order valence-corrected chi connectivity index (χ0v) is 9.84. The third kappa shape index (κ3) is 10.8. The lowest BCUT2D eigenvalue weighted by molar-refractivity contribution is -0.114. The molecule has 0 aliphatic heterocycles. The van der Waals surface area contributed by atoms with Gasteiger partial charge in [-0.25, -0.2) is 0 Å². The Bertz CT molecular complexity index is 181. The summed E-state index contributed by atoms with van der Waals surface area (Å²) in [5, 5.41) is 0. The number of ketones is 1. The molecular formula is C12H23NO. The van der Waals surface area contributed by atoms with Crippen molar-refractivity contribution in [3.8, 4) is 0 Å². The van der Waals surface area contributed by atoms with E-state index in [1.165, 1.54) is 7.05 Å². The van der Waals surface area contributed by atoms with Crippen LogP contribution in [0, 0.1) is 0 Å². The Morgan fingerprint density at radius 3 is 1.93 bits per heavy atom. The highest BCUT2D eigenvalue weighted by atomic mass is 16.1. The lowest BCUT2D eigenvalue weighted by Crippen LogP contribution is -1.96. The third-order valence-electron chi connectivity index (χ3n) is 1.16. The minimum atomic E-state index is 0.106. The Kier molecular flexibility index (Phi) is 23.7. The van der Waals surface area contributed by atoms with E-state index in [4.69, 9.17) is 0 Å². The number of rotatable bonds is 4. The molecule has 0 unspecified atom stereocenters. The van der Waals surface area contributed by atoms with Crippen LogP contribution in [0.25, 0.3) is 0 Å². The minimum Gasteiger partial charge on any atom is -0.333 e. The van der Waals surface area contributed by atoms with Crippen LogP contribution in [0.1, 0.15) is 27.2 Å². The molecule has 14 heavy (non-hydrogen) atoms. The van der Waals surface area contributed by atoms with Gasteiger partial charge in [0.05, 0.1) is 0 Å². The SMILES string of the molecule is C=C/C=C(\C=C)C(=O)CC.CC.CN. The van der Waals surface area contributed by atoms with Crippen LogP contribution in [-0.4, -0.2) is 12.8 Å². The van der Waals surface area contributed by atoms with Gasteiger partial charge in [-0.15, -0.1) is 0 Å². The number of carbonyl (C=O) groups is 1. The van der Waals surface area contributed by atoms with Crippen LogP contribution in [0.15, 0.2) is 37.0 Å². The van der Waals surface area contributed by atoms with Crippen molar-refractivity contribution in [1.29, 1.82) is 0 Å². The molecule has 0 amide bonds. The van der Waals surface area contributed by atoms with Gasteiger partial charge >= 0.3 is 0 Å². The Labute approximate surface area is 88.2 Å². The van der Waals surface area contributed by atoms with Gasteiger partial charge in [0.15, 0.2) is 5.78 Å². The van der Waals surface area contributed by atoms with Gasteiger partial charge in [0, 0.05) is 12.0 Å². The van der Waals surface area contributed by atoms with Crippen LogP contribution in [0.2, 0.25) is 0 Å². The highest BCUT2D eigenvalue weighted by Gasteiger charge is 1.99. The lowest BCUT2D eigenvalue weighted by Gasteiger charge is -1.93. The molecule has 0 aliphatic carbocycles. The summed E-state index contributed by atoms with van der Waals surface area (Å²) in [6, 6.07) is 0. The summed E-state index contributed by atoms with van der Waals surface area (Å²) in [5.74, 6) is 0.106. The molecular weight excluding hydrogens is 174 g/mol. The second-order valence-corrected chi connectivity index (χ2v) is 1.84. The van der Waals surface area contributed by atoms with Crippen LogP contribution >= 0.6 is 0 Å². The van der Waals surface area contributed by atoms with Gasteiger partial charge in [-0.05, 0) is 7.05 Å². The maximum Gasteiger partial charge on any atom is 0.162 e. The Morgan fingerprint density at radius 2 is 1.71 bits per heavy atom. The number of hydrogen-bond acceptors (Lipinski definition) is 2. The van der Waals surface area contributed by atoms with E-state index in [0.29, 0.717) is 12.0 Å². The molecule has 0 radical (unpaired) electrons. The fourth-order valence-electron chi connectivity index (χ4n) is 0.606. The summed E-state index contributed by atoms with van der Waals surface area (Å²) in [5.41, 5.74) is 5.14. The molecule has 2 N–H and O–H groups in total. The molecule has 0 aromatic heterocycles. The van der Waals surface area contributed by atoms with Crippen molar-refractivity contribution in [2.75, 3.05) is 7.05 Å². The number of carbonyl (C=O) groups excluding carboxylic acids is 1. The van der Waals surface area contributed by atoms with E-state index in [2.05, 4.69) is 18.9 Å². The largest absolute Gasteiger partial charge is 0.333 e. The van der Waals surface area contributed by atoms with Crippen LogP contribution in [0.5, 0.6) is 0 Å². The maximum atomic E-state index is 10.9. The predicted molar refractivity (Wildman–Crippen MR) is 65.2 cm³/mol. The maximum absolute atomic E-state index is 10.9. The topological polar surface area (TPSA) is 43.1 Å². The molecule has 0 rings (SSSR count). The average Bonchev–Trinajstić information content (AvgIpc) is 2.30. The van der Waals surface area contributed by atoms with Crippen molar-refractivity contribution >= 4 is 5.78 Å². The fourth-order valence-corrected chi connectivity index (χ4v) is 0.606. The Morgan fingerprint density at radius 1 is 1.29 bits per heavy atom. The first-order valence-electron chi connectivity index (χ1n) is 4.82. The smallest absolute Gasteiger partial charge is 0.162 e. The fraction of sp³-hybridized carbons (Fsp3) is 0.417. The van der Waals surface area contributed by atoms with Crippen LogP contribution in [-0.2, 0) is 4.79 Å². The van der Waals surface area contributed by atoms with Gasteiger partial charge in [0.1, 0.15) is 0 Å². The highest BCUT2D eigenvalue weighted by molar-refractivity contribution is 5.97. The number of Topliss-reactive ketones (excluding diaryl/α,β-unsaturated/α-hetero) is 1. The number of hydrogen-bond donors (Lipinski definition) is 1. The van der Waals surface area contributed by atoms with E-state index in [1.807, 2.05) is 20.8 Å². The van der Waals surface area contributed by atoms with Gasteiger partial charge in [0.25, 0.3) is 0 Å². The highest BCUT2D eigenvalue weighted by Crippen LogP contribution is 2.00. The quantitative estimate of drug-likeness (QED) is 0.556. The first kappa shape index (κ1) is 18.6. The van der Waals surface area contributed by atoms with Gasteiger partial charge in [-0.2, -0.15) is 0 Å². The molecule has 0 spiro atoms. The van der Waals surface area contributed by atoms with Crippen molar-refractivity contribution < 1.29 is 4.79 Å². The molecule has 0 fully saturated rings. The summed E-state index contributed by atoms with van der Waals surface area (Å²) >= 11 is 0. The molecule has 0 saturated heterocycles. The van der Waals surface area contributed by atoms with E-state index in [0.717, 1.165) is 0 Å². The molecule has 82 valence electrons. The van der Waals surface area contributed by atoms with Crippen molar-refractivity contribution in [2.45, 2.75) is 27.2 Å². The molecule has 2 nitrogen and oxygen atoms in total. The standard InChI is InChI=1S/C9H12O.C2H6.CH5N/c1-4-7-8(5-2)9(10)6-3;2*1-2/h4-5,7H,1-2,6H2,3H3;1-2H3;2H2,1H3/b8-7+;;. The minimum absolute atomic E-state index is 0.106. The molecule has 0 atom stereocenters. The van der Waals surface area contributed by atoms with E-state index in [9.17, 15) is 4.79 Å². The Hall–Kier alpha value is -1.15. The van der Waals surface area contributed by atoms with Gasteiger partial charge in [-0.3, -0.25) is 4.79 Å². The second kappa shape index (κ2) is 17.8. The van der Waals surface area contributed by atoms with Crippen LogP contribution in [0.4, 0.5) is 0 Å². The number of allylic oxidation sites excluding steroid dienone is 4. The van der Waals surface area contributed by atoms with E-state index in [-0.39, 0.29) is 5.78 Å². The summed E-state index contributed by atoms with van der Waals surface area (Å²) < 4.78 is 0. The lowest BCUT2D eigenvalue weighted by atomic mass is 10.1. The summed E-state index contributed by atoms with van der Waals surface area (Å²) in [6.45, 7) is 12.8. The Balaban J connectivity index is -0.000000266. The van der Waals surface area contributed by atoms with Crippen molar-refractivity contribution in [3.05, 3.63) is 37.0 Å². The van der Waals surface area contributed by atoms with E-state index >= 15 is 0 Å². The molecule has 0 bridgehead atoms. The summed E-state index contributed by atoms with van der Waals surface area (Å²) in [7, 11) is 1.50. The second-order valence-electron chi connectivity index (χ2n) is 1.84. The van der Waals surface area contributed by atoms with E-state index in [1.54, 1.807) is 18.2 Å². The molecule has 0 saturated carbocycles. The monoisotopic (exact) mass is 197 g/mol. The zero-order valence-electron chi connectivity index (χ0n) is 9.84. The molecule has 0 aromatic carbocycles. The van der Waals surface area contributed by atoms with Crippen LogP contribution in [0.3, 0.4) is 0 Å². The average molecular weight is 197 g/mol. The van der Waals surface area contributed by atoms with Gasteiger partial charge in [0.2, 0.25) is 0 Å². The van der Waals surface area contributed by atoms with Crippen molar-refractivity contribution in [2.24, 2.45) is 5.73 Å². The normalized spacial score (nSPS) is 8.50. The first-order chi connectivity index (χ1) is 6.76. The van der Waals surface area contributed by atoms with Gasteiger partial charge in [-0.1, -0.05) is 52.2 Å². The number of nitrogens with two attached hydrogens (primary N) is 1. The third-order valence-corrected chi connectivity index (χ3v) is 1.16. The van der Waals surface area contributed by atoms with E-state index < -0.39 is 0 Å². The zero-order chi connectivity index (χ0) is 12.0. The predicted octanol–water partition coefficient (Wildman–Crippen LogP) is 2.87. The van der Waals surface area contributed by atoms with Crippen molar-refractivity contribution in [3.63, 3.8) is 0 Å². The summed E-state index contributed by atoms with van der Waals surface area (Å²) in [4.78, 5) is 10.9.